The van der Waals surface area contributed by atoms with Crippen molar-refractivity contribution >= 4 is 23.2 Å². The summed E-state index contributed by atoms with van der Waals surface area (Å²) in [5.41, 5.74) is 3.10. The summed E-state index contributed by atoms with van der Waals surface area (Å²) in [7, 11) is 0. The molecule has 1 saturated heterocycles. The van der Waals surface area contributed by atoms with Crippen molar-refractivity contribution in [2.45, 2.75) is 44.6 Å². The molecule has 0 N–H and O–H groups in total. The molecule has 2 unspecified atom stereocenters. The van der Waals surface area contributed by atoms with Gasteiger partial charge in [-0.1, -0.05) is 17.7 Å². The van der Waals surface area contributed by atoms with Crippen LogP contribution < -0.4 is 0 Å². The highest BCUT2D eigenvalue weighted by molar-refractivity contribution is 6.31. The fourth-order valence-corrected chi connectivity index (χ4v) is 3.03. The molecule has 1 aromatic carbocycles. The Balaban J connectivity index is 2.36. The van der Waals surface area contributed by atoms with Crippen LogP contribution in [0.15, 0.2) is 12.1 Å². The number of ether oxygens (including phenoxy) is 1. The maximum Gasteiger partial charge on any atom is 0.0875 e. The first-order chi connectivity index (χ1) is 7.94. The van der Waals surface area contributed by atoms with Gasteiger partial charge in [0.05, 0.1) is 11.0 Å². The third kappa shape index (κ3) is 2.47. The minimum Gasteiger partial charge on any atom is -0.373 e. The van der Waals surface area contributed by atoms with Gasteiger partial charge in [-0.25, -0.2) is 0 Å². The summed E-state index contributed by atoms with van der Waals surface area (Å²) in [5.74, 6) is 0. The zero-order valence-electron chi connectivity index (χ0n) is 10.5. The SMILES string of the molecule is Cc1cc(C(Cl)C2(C)CCCO2)c(C)cc1Cl. The molecule has 0 spiro atoms. The van der Waals surface area contributed by atoms with Gasteiger partial charge in [0.25, 0.3) is 0 Å². The minimum absolute atomic E-state index is 0.110. The molecule has 1 heterocycles. The Kier molecular flexibility index (Phi) is 3.72. The smallest absolute Gasteiger partial charge is 0.0875 e. The number of hydrogen-bond acceptors (Lipinski definition) is 1. The molecule has 2 rings (SSSR count). The van der Waals surface area contributed by atoms with E-state index in [2.05, 4.69) is 13.0 Å². The molecular weight excluding hydrogens is 255 g/mol. The average molecular weight is 273 g/mol. The Labute approximate surface area is 113 Å². The third-order valence-corrected chi connectivity index (χ3v) is 4.71. The normalized spacial score (nSPS) is 26.2. The lowest BCUT2D eigenvalue weighted by Crippen LogP contribution is -2.29. The Morgan fingerprint density at radius 2 is 2.00 bits per heavy atom. The molecule has 0 aliphatic carbocycles. The molecule has 2 atom stereocenters. The van der Waals surface area contributed by atoms with Gasteiger partial charge in [-0.15, -0.1) is 11.6 Å². The molecule has 0 bridgehead atoms. The molecule has 1 aliphatic heterocycles. The molecule has 0 radical (unpaired) electrons. The standard InChI is InChI=1S/C14H18Cl2O/c1-9-8-12(15)10(2)7-11(9)13(16)14(3)5-4-6-17-14/h7-8,13H,4-6H2,1-3H3. The van der Waals surface area contributed by atoms with E-state index in [4.69, 9.17) is 27.9 Å². The highest BCUT2D eigenvalue weighted by Gasteiger charge is 2.38. The molecule has 1 nitrogen and oxygen atoms in total. The molecule has 0 saturated carbocycles. The van der Waals surface area contributed by atoms with Crippen molar-refractivity contribution in [3.8, 4) is 0 Å². The molecule has 1 aromatic rings. The average Bonchev–Trinajstić information content (AvgIpc) is 2.71. The molecule has 0 aromatic heterocycles. The summed E-state index contributed by atoms with van der Waals surface area (Å²) in [6.07, 6.45) is 2.10. The Morgan fingerprint density at radius 3 is 2.59 bits per heavy atom. The van der Waals surface area contributed by atoms with Crippen LogP contribution in [0.2, 0.25) is 5.02 Å². The number of aryl methyl sites for hydroxylation is 2. The summed E-state index contributed by atoms with van der Waals surface area (Å²) in [6.45, 7) is 6.97. The van der Waals surface area contributed by atoms with Gasteiger partial charge in [0, 0.05) is 11.6 Å². The second-order valence-electron chi connectivity index (χ2n) is 5.09. The monoisotopic (exact) mass is 272 g/mol. The van der Waals surface area contributed by atoms with E-state index in [1.807, 2.05) is 19.9 Å². The van der Waals surface area contributed by atoms with E-state index < -0.39 is 0 Å². The van der Waals surface area contributed by atoms with Crippen LogP contribution in [0.5, 0.6) is 0 Å². The van der Waals surface area contributed by atoms with Gasteiger partial charge < -0.3 is 4.74 Å². The molecule has 94 valence electrons. The van der Waals surface area contributed by atoms with Crippen LogP contribution in [0.25, 0.3) is 0 Å². The van der Waals surface area contributed by atoms with Crippen LogP contribution in [0, 0.1) is 13.8 Å². The predicted molar refractivity (Wildman–Crippen MR) is 73.1 cm³/mol. The predicted octanol–water partition coefficient (Wildman–Crippen LogP) is 4.81. The minimum atomic E-state index is -0.243. The van der Waals surface area contributed by atoms with Gasteiger partial charge >= 0.3 is 0 Å². The molecule has 17 heavy (non-hydrogen) atoms. The highest BCUT2D eigenvalue weighted by Crippen LogP contribution is 2.43. The molecular formula is C14H18Cl2O. The van der Waals surface area contributed by atoms with Gasteiger partial charge in [-0.3, -0.25) is 0 Å². The Hall–Kier alpha value is -0.240. The molecule has 1 fully saturated rings. The second-order valence-corrected chi connectivity index (χ2v) is 5.93. The van der Waals surface area contributed by atoms with Crippen molar-refractivity contribution in [2.75, 3.05) is 6.61 Å². The van der Waals surface area contributed by atoms with Crippen molar-refractivity contribution in [1.82, 2.24) is 0 Å². The van der Waals surface area contributed by atoms with Gasteiger partial charge in [0.2, 0.25) is 0 Å². The van der Waals surface area contributed by atoms with Crippen LogP contribution in [-0.2, 0) is 4.74 Å². The summed E-state index contributed by atoms with van der Waals surface area (Å²) < 4.78 is 5.82. The largest absolute Gasteiger partial charge is 0.373 e. The fraction of sp³-hybridized carbons (Fsp3) is 0.571. The number of rotatable bonds is 2. The second kappa shape index (κ2) is 4.79. The number of halogens is 2. The summed E-state index contributed by atoms with van der Waals surface area (Å²) in [6, 6.07) is 4.07. The number of alkyl halides is 1. The summed E-state index contributed by atoms with van der Waals surface area (Å²) in [5, 5.41) is 0.688. The van der Waals surface area contributed by atoms with E-state index in [0.29, 0.717) is 0 Å². The number of hydrogen-bond donors (Lipinski definition) is 0. The van der Waals surface area contributed by atoms with E-state index in [9.17, 15) is 0 Å². The van der Waals surface area contributed by atoms with Crippen molar-refractivity contribution in [2.24, 2.45) is 0 Å². The topological polar surface area (TPSA) is 9.23 Å². The van der Waals surface area contributed by atoms with E-state index >= 15 is 0 Å². The summed E-state index contributed by atoms with van der Waals surface area (Å²) in [4.78, 5) is 0. The zero-order valence-corrected chi connectivity index (χ0v) is 12.0. The van der Waals surface area contributed by atoms with Crippen LogP contribution in [0.4, 0.5) is 0 Å². The van der Waals surface area contributed by atoms with Gasteiger partial charge in [-0.2, -0.15) is 0 Å². The summed E-state index contributed by atoms with van der Waals surface area (Å²) >= 11 is 12.7. The third-order valence-electron chi connectivity index (χ3n) is 3.61. The van der Waals surface area contributed by atoms with Gasteiger partial charge in [0.15, 0.2) is 0 Å². The van der Waals surface area contributed by atoms with Crippen LogP contribution in [0.1, 0.15) is 41.8 Å². The first-order valence-corrected chi connectivity index (χ1v) is 6.80. The lowest BCUT2D eigenvalue weighted by Gasteiger charge is -2.30. The molecule has 3 heteroatoms. The molecule has 0 amide bonds. The number of benzene rings is 1. The lowest BCUT2D eigenvalue weighted by molar-refractivity contribution is 0.0163. The van der Waals surface area contributed by atoms with Crippen LogP contribution >= 0.6 is 23.2 Å². The van der Waals surface area contributed by atoms with Crippen molar-refractivity contribution in [3.63, 3.8) is 0 Å². The Bertz CT molecular complexity index is 422. The highest BCUT2D eigenvalue weighted by atomic mass is 35.5. The maximum atomic E-state index is 6.62. The lowest BCUT2D eigenvalue weighted by atomic mass is 9.90. The van der Waals surface area contributed by atoms with E-state index in [1.165, 1.54) is 0 Å². The quantitative estimate of drug-likeness (QED) is 0.703. The molecule has 1 aliphatic rings. The van der Waals surface area contributed by atoms with Crippen molar-refractivity contribution in [3.05, 3.63) is 33.8 Å². The van der Waals surface area contributed by atoms with Crippen molar-refractivity contribution < 1.29 is 4.74 Å². The van der Waals surface area contributed by atoms with E-state index in [1.54, 1.807) is 0 Å². The van der Waals surface area contributed by atoms with Gasteiger partial charge in [-0.05, 0) is 56.4 Å². The first kappa shape index (κ1) is 13.2. The van der Waals surface area contributed by atoms with E-state index in [-0.39, 0.29) is 11.0 Å². The van der Waals surface area contributed by atoms with E-state index in [0.717, 1.165) is 41.2 Å². The zero-order chi connectivity index (χ0) is 12.6. The van der Waals surface area contributed by atoms with Crippen LogP contribution in [0.3, 0.4) is 0 Å². The first-order valence-electron chi connectivity index (χ1n) is 5.99. The fourth-order valence-electron chi connectivity index (χ4n) is 2.41. The van der Waals surface area contributed by atoms with Crippen molar-refractivity contribution in [1.29, 1.82) is 0 Å². The Morgan fingerprint density at radius 1 is 1.29 bits per heavy atom. The maximum absolute atomic E-state index is 6.62. The van der Waals surface area contributed by atoms with Crippen LogP contribution in [-0.4, -0.2) is 12.2 Å². The van der Waals surface area contributed by atoms with Gasteiger partial charge in [0.1, 0.15) is 0 Å².